The van der Waals surface area contributed by atoms with Gasteiger partial charge in [0.2, 0.25) is 5.91 Å². The molecule has 146 valence electrons. The minimum absolute atomic E-state index is 0.0686. The molecule has 4 nitrogen and oxygen atoms in total. The maximum absolute atomic E-state index is 13.1. The van der Waals surface area contributed by atoms with Crippen molar-refractivity contribution in [2.75, 3.05) is 18.6 Å². The van der Waals surface area contributed by atoms with Crippen LogP contribution in [0.25, 0.3) is 10.4 Å². The summed E-state index contributed by atoms with van der Waals surface area (Å²) in [6.07, 6.45) is 0.385. The normalized spacial score (nSPS) is 10.9. The number of benzene rings is 1. The average Bonchev–Trinajstić information content (AvgIpc) is 3.11. The van der Waals surface area contributed by atoms with Crippen LogP contribution in [0, 0.1) is 5.82 Å². The van der Waals surface area contributed by atoms with Crippen molar-refractivity contribution in [1.29, 1.82) is 0 Å². The van der Waals surface area contributed by atoms with Gasteiger partial charge in [-0.25, -0.2) is 4.39 Å². The molecule has 7 heteroatoms. The predicted octanol–water partition coefficient (Wildman–Crippen LogP) is 4.59. The second kappa shape index (κ2) is 10.5. The number of hydrogen-bond donors (Lipinski definition) is 0. The molecule has 1 heterocycles. The third-order valence-electron chi connectivity index (χ3n) is 3.97. The van der Waals surface area contributed by atoms with Crippen molar-refractivity contribution in [2.24, 2.45) is 0 Å². The lowest BCUT2D eigenvalue weighted by Gasteiger charge is -2.26. The van der Waals surface area contributed by atoms with Crippen molar-refractivity contribution in [3.05, 3.63) is 47.1 Å². The molecular weight excluding hydrogens is 385 g/mol. The number of carbonyl (C=O) groups is 2. The Balaban J connectivity index is 1.94. The minimum Gasteiger partial charge on any atom is -0.468 e. The SMILES string of the molecule is COC(=O)CSCCC(=O)N(Cc1ccc(-c2ccc(F)cc2)s1)C(C)C. The molecule has 0 unspecified atom stereocenters. The van der Waals surface area contributed by atoms with E-state index in [-0.39, 0.29) is 29.5 Å². The fourth-order valence-corrected chi connectivity index (χ4v) is 4.24. The quantitative estimate of drug-likeness (QED) is 0.449. The number of thiophene rings is 1. The highest BCUT2D eigenvalue weighted by Gasteiger charge is 2.18. The largest absolute Gasteiger partial charge is 0.468 e. The van der Waals surface area contributed by atoms with Gasteiger partial charge in [-0.1, -0.05) is 12.1 Å². The highest BCUT2D eigenvalue weighted by atomic mass is 32.2. The van der Waals surface area contributed by atoms with Crippen LogP contribution < -0.4 is 0 Å². The van der Waals surface area contributed by atoms with E-state index in [1.165, 1.54) is 31.0 Å². The van der Waals surface area contributed by atoms with E-state index < -0.39 is 0 Å². The molecule has 0 saturated carbocycles. The van der Waals surface area contributed by atoms with Crippen LogP contribution in [-0.2, 0) is 20.9 Å². The molecule has 0 bridgehead atoms. The second-order valence-electron chi connectivity index (χ2n) is 6.27. The van der Waals surface area contributed by atoms with Crippen LogP contribution in [0.5, 0.6) is 0 Å². The van der Waals surface area contributed by atoms with Gasteiger partial charge in [0.05, 0.1) is 19.4 Å². The summed E-state index contributed by atoms with van der Waals surface area (Å²) in [5.74, 6) is 0.385. The molecule has 0 aliphatic rings. The molecule has 1 aromatic heterocycles. The Morgan fingerprint density at radius 3 is 2.52 bits per heavy atom. The first-order valence-corrected chi connectivity index (χ1v) is 10.7. The van der Waals surface area contributed by atoms with Gasteiger partial charge in [0.1, 0.15) is 5.82 Å². The van der Waals surface area contributed by atoms with Gasteiger partial charge < -0.3 is 9.64 Å². The summed E-state index contributed by atoms with van der Waals surface area (Å²) in [6.45, 7) is 4.53. The summed E-state index contributed by atoms with van der Waals surface area (Å²) in [7, 11) is 1.36. The van der Waals surface area contributed by atoms with E-state index >= 15 is 0 Å². The van der Waals surface area contributed by atoms with Crippen LogP contribution in [0.2, 0.25) is 0 Å². The number of esters is 1. The number of thioether (sulfide) groups is 1. The summed E-state index contributed by atoms with van der Waals surface area (Å²) in [5, 5.41) is 0. The van der Waals surface area contributed by atoms with Crippen LogP contribution in [0.15, 0.2) is 36.4 Å². The van der Waals surface area contributed by atoms with Crippen molar-refractivity contribution in [1.82, 2.24) is 4.90 Å². The number of hydrogen-bond acceptors (Lipinski definition) is 5. The van der Waals surface area contributed by atoms with Crippen molar-refractivity contribution >= 4 is 35.0 Å². The molecule has 0 spiro atoms. The summed E-state index contributed by atoms with van der Waals surface area (Å²) in [5.41, 5.74) is 0.967. The molecule has 0 radical (unpaired) electrons. The summed E-state index contributed by atoms with van der Waals surface area (Å²) >= 11 is 3.01. The Labute approximate surface area is 167 Å². The Bertz CT molecular complexity index is 759. The predicted molar refractivity (Wildman–Crippen MR) is 109 cm³/mol. The zero-order valence-electron chi connectivity index (χ0n) is 15.7. The van der Waals surface area contributed by atoms with Crippen LogP contribution in [0.4, 0.5) is 4.39 Å². The van der Waals surface area contributed by atoms with E-state index in [9.17, 15) is 14.0 Å². The lowest BCUT2D eigenvalue weighted by atomic mass is 10.2. The van der Waals surface area contributed by atoms with Gasteiger partial charge in [0, 0.05) is 28.0 Å². The average molecular weight is 410 g/mol. The number of methoxy groups -OCH3 is 1. The zero-order chi connectivity index (χ0) is 19.8. The lowest BCUT2D eigenvalue weighted by molar-refractivity contribution is -0.137. The number of carbonyl (C=O) groups excluding carboxylic acids is 2. The number of rotatable bonds is 9. The van der Waals surface area contributed by atoms with Crippen molar-refractivity contribution in [3.8, 4) is 10.4 Å². The maximum Gasteiger partial charge on any atom is 0.315 e. The first-order chi connectivity index (χ1) is 12.9. The van der Waals surface area contributed by atoms with Gasteiger partial charge in [-0.3, -0.25) is 9.59 Å². The Hall–Kier alpha value is -1.86. The lowest BCUT2D eigenvalue weighted by Crippen LogP contribution is -2.36. The van der Waals surface area contributed by atoms with Crippen molar-refractivity contribution < 1.29 is 18.7 Å². The van der Waals surface area contributed by atoms with Gasteiger partial charge in [-0.15, -0.1) is 23.1 Å². The molecule has 2 rings (SSSR count). The van der Waals surface area contributed by atoms with Crippen molar-refractivity contribution in [3.63, 3.8) is 0 Å². The number of halogens is 1. The number of amides is 1. The molecule has 0 saturated heterocycles. The van der Waals surface area contributed by atoms with E-state index in [1.54, 1.807) is 23.5 Å². The van der Waals surface area contributed by atoms with Gasteiger partial charge >= 0.3 is 5.97 Å². The third-order valence-corrected chi connectivity index (χ3v) is 6.02. The molecule has 2 aromatic rings. The fourth-order valence-electron chi connectivity index (χ4n) is 2.48. The molecular formula is C20H24FNO3S2. The third kappa shape index (κ3) is 6.66. The van der Waals surface area contributed by atoms with E-state index in [1.807, 2.05) is 30.9 Å². The molecule has 0 aliphatic heterocycles. The van der Waals surface area contributed by atoms with E-state index in [4.69, 9.17) is 0 Å². The number of nitrogens with zero attached hydrogens (tertiary/aromatic N) is 1. The highest BCUT2D eigenvalue weighted by molar-refractivity contribution is 7.99. The summed E-state index contributed by atoms with van der Waals surface area (Å²) < 4.78 is 17.7. The molecule has 1 amide bonds. The summed E-state index contributed by atoms with van der Waals surface area (Å²) in [6, 6.07) is 10.5. The standard InChI is InChI=1S/C20H24FNO3S2/c1-14(2)22(19(23)10-11-26-13-20(24)25-3)12-17-8-9-18(27-17)15-4-6-16(21)7-5-15/h4-9,14H,10-13H2,1-3H3. The van der Waals surface area contributed by atoms with Gasteiger partial charge in [-0.05, 0) is 43.7 Å². The molecule has 0 fully saturated rings. The first-order valence-electron chi connectivity index (χ1n) is 8.69. The van der Waals surface area contributed by atoms with Crippen LogP contribution in [-0.4, -0.2) is 41.4 Å². The highest BCUT2D eigenvalue weighted by Crippen LogP contribution is 2.29. The zero-order valence-corrected chi connectivity index (χ0v) is 17.4. The fraction of sp³-hybridized carbons (Fsp3) is 0.400. The van der Waals surface area contributed by atoms with Crippen molar-refractivity contribution in [2.45, 2.75) is 32.9 Å². The monoisotopic (exact) mass is 409 g/mol. The van der Waals surface area contributed by atoms with Gasteiger partial charge in [-0.2, -0.15) is 0 Å². The smallest absolute Gasteiger partial charge is 0.315 e. The Kier molecular flexibility index (Phi) is 8.31. The molecule has 27 heavy (non-hydrogen) atoms. The molecule has 0 N–H and O–H groups in total. The Morgan fingerprint density at radius 2 is 1.89 bits per heavy atom. The van der Waals surface area contributed by atoms with Crippen LogP contribution in [0.1, 0.15) is 25.1 Å². The van der Waals surface area contributed by atoms with E-state index in [0.29, 0.717) is 18.7 Å². The van der Waals surface area contributed by atoms with E-state index in [0.717, 1.165) is 15.3 Å². The molecule has 1 aromatic carbocycles. The number of ether oxygens (including phenoxy) is 1. The first kappa shape index (κ1) is 21.4. The molecule has 0 aliphatic carbocycles. The van der Waals surface area contributed by atoms with Gasteiger partial charge in [0.15, 0.2) is 0 Å². The van der Waals surface area contributed by atoms with Gasteiger partial charge in [0.25, 0.3) is 0 Å². The maximum atomic E-state index is 13.1. The second-order valence-corrected chi connectivity index (χ2v) is 8.54. The minimum atomic E-state index is -0.278. The topological polar surface area (TPSA) is 46.6 Å². The van der Waals surface area contributed by atoms with Crippen LogP contribution >= 0.6 is 23.1 Å². The Morgan fingerprint density at radius 1 is 1.19 bits per heavy atom. The van der Waals surface area contributed by atoms with E-state index in [2.05, 4.69) is 4.74 Å². The van der Waals surface area contributed by atoms with Crippen LogP contribution in [0.3, 0.4) is 0 Å². The molecule has 0 atom stereocenters. The summed E-state index contributed by atoms with van der Waals surface area (Å²) in [4.78, 5) is 27.7.